The summed E-state index contributed by atoms with van der Waals surface area (Å²) in [5.41, 5.74) is 0.582. The molecule has 0 aromatic heterocycles. The number of carbonyl (C=O) groups is 1. The molecule has 0 heterocycles. The van der Waals surface area contributed by atoms with Crippen LogP contribution in [0.1, 0.15) is 22.0 Å². The van der Waals surface area contributed by atoms with Crippen molar-refractivity contribution in [2.24, 2.45) is 0 Å². The number of rotatable bonds is 4. The number of Topliss-reactive ketones (excluding diaryl/α,β-unsaturated/α-hetero) is 1. The Morgan fingerprint density at radius 1 is 1.21 bits per heavy atom. The number of aliphatic hydroxyl groups is 1. The van der Waals surface area contributed by atoms with E-state index in [-0.39, 0.29) is 5.56 Å². The van der Waals surface area contributed by atoms with E-state index in [9.17, 15) is 14.3 Å². The number of benzene rings is 2. The van der Waals surface area contributed by atoms with Crippen molar-refractivity contribution in [3.05, 3.63) is 65.5 Å². The van der Waals surface area contributed by atoms with Gasteiger partial charge in [-0.3, -0.25) is 4.79 Å². The Morgan fingerprint density at radius 2 is 1.89 bits per heavy atom. The first-order valence-corrected chi connectivity index (χ1v) is 5.73. The number of ketones is 1. The van der Waals surface area contributed by atoms with Gasteiger partial charge in [0.15, 0.2) is 5.78 Å². The maximum atomic E-state index is 13.0. The number of methoxy groups -OCH3 is 1. The van der Waals surface area contributed by atoms with Gasteiger partial charge >= 0.3 is 0 Å². The quantitative estimate of drug-likeness (QED) is 0.860. The fraction of sp³-hybridized carbons (Fsp3) is 0.133. The minimum absolute atomic E-state index is 0.142. The lowest BCUT2D eigenvalue weighted by Gasteiger charge is -2.10. The van der Waals surface area contributed by atoms with Crippen LogP contribution < -0.4 is 4.74 Å². The molecule has 2 rings (SSSR count). The highest BCUT2D eigenvalue weighted by Gasteiger charge is 2.19. The Labute approximate surface area is 110 Å². The smallest absolute Gasteiger partial charge is 0.195 e. The monoisotopic (exact) mass is 260 g/mol. The van der Waals surface area contributed by atoms with Crippen LogP contribution in [0.3, 0.4) is 0 Å². The molecule has 0 aliphatic rings. The number of hydrogen-bond acceptors (Lipinski definition) is 3. The Bertz CT molecular complexity index is 578. The van der Waals surface area contributed by atoms with Crippen molar-refractivity contribution in [3.8, 4) is 5.75 Å². The van der Waals surface area contributed by atoms with Crippen molar-refractivity contribution < 1.29 is 19.0 Å². The van der Waals surface area contributed by atoms with Crippen LogP contribution in [0.5, 0.6) is 5.75 Å². The molecule has 1 atom stereocenters. The van der Waals surface area contributed by atoms with Gasteiger partial charge in [-0.15, -0.1) is 0 Å². The fourth-order valence-electron chi connectivity index (χ4n) is 1.74. The molecule has 0 aliphatic heterocycles. The third-order valence-corrected chi connectivity index (χ3v) is 2.79. The maximum absolute atomic E-state index is 13.0. The highest BCUT2D eigenvalue weighted by molar-refractivity contribution is 5.99. The van der Waals surface area contributed by atoms with E-state index in [2.05, 4.69) is 0 Å². The summed E-state index contributed by atoms with van der Waals surface area (Å²) in [7, 11) is 1.53. The minimum atomic E-state index is -1.31. The first-order chi connectivity index (χ1) is 9.11. The Morgan fingerprint density at radius 3 is 2.47 bits per heavy atom. The van der Waals surface area contributed by atoms with Crippen molar-refractivity contribution in [2.75, 3.05) is 7.11 Å². The van der Waals surface area contributed by atoms with Crippen LogP contribution in [-0.4, -0.2) is 18.0 Å². The Kier molecular flexibility index (Phi) is 3.92. The molecule has 1 N–H and O–H groups in total. The van der Waals surface area contributed by atoms with E-state index in [4.69, 9.17) is 4.74 Å². The average molecular weight is 260 g/mol. The lowest BCUT2D eigenvalue weighted by atomic mass is 10.00. The van der Waals surface area contributed by atoms with Gasteiger partial charge in [0.1, 0.15) is 17.7 Å². The topological polar surface area (TPSA) is 46.5 Å². The highest BCUT2D eigenvalue weighted by Crippen LogP contribution is 2.21. The van der Waals surface area contributed by atoms with Crippen LogP contribution in [0, 0.1) is 5.82 Å². The number of hydrogen-bond donors (Lipinski definition) is 1. The van der Waals surface area contributed by atoms with Gasteiger partial charge in [0.2, 0.25) is 0 Å². The van der Waals surface area contributed by atoms with Crippen LogP contribution in [0.4, 0.5) is 4.39 Å². The van der Waals surface area contributed by atoms with E-state index in [0.29, 0.717) is 11.3 Å². The lowest BCUT2D eigenvalue weighted by Crippen LogP contribution is -2.12. The van der Waals surface area contributed by atoms with E-state index in [0.717, 1.165) is 6.07 Å². The molecule has 0 saturated heterocycles. The van der Waals surface area contributed by atoms with Gasteiger partial charge in [0, 0.05) is 5.56 Å². The van der Waals surface area contributed by atoms with Gasteiger partial charge in [-0.2, -0.15) is 0 Å². The van der Waals surface area contributed by atoms with Gasteiger partial charge in [0.25, 0.3) is 0 Å². The largest absolute Gasteiger partial charge is 0.497 e. The summed E-state index contributed by atoms with van der Waals surface area (Å²) in [5, 5.41) is 9.98. The van der Waals surface area contributed by atoms with Crippen molar-refractivity contribution >= 4 is 5.78 Å². The molecular weight excluding hydrogens is 247 g/mol. The Balaban J connectivity index is 2.23. The van der Waals surface area contributed by atoms with Gasteiger partial charge in [-0.05, 0) is 29.8 Å². The maximum Gasteiger partial charge on any atom is 0.195 e. The summed E-state index contributed by atoms with van der Waals surface area (Å²) in [6.07, 6.45) is -1.31. The molecule has 0 saturated carbocycles. The minimum Gasteiger partial charge on any atom is -0.497 e. The van der Waals surface area contributed by atoms with Crippen LogP contribution in [-0.2, 0) is 0 Å². The molecule has 0 radical (unpaired) electrons. The number of carbonyl (C=O) groups excluding carboxylic acids is 1. The van der Waals surface area contributed by atoms with Gasteiger partial charge < -0.3 is 9.84 Å². The fourth-order valence-corrected chi connectivity index (χ4v) is 1.74. The average Bonchev–Trinajstić information content (AvgIpc) is 2.46. The third kappa shape index (κ3) is 2.98. The van der Waals surface area contributed by atoms with Crippen molar-refractivity contribution in [1.29, 1.82) is 0 Å². The molecule has 0 bridgehead atoms. The SMILES string of the molecule is COc1ccc(C(O)C(=O)c2cccc(F)c2)cc1. The third-order valence-electron chi connectivity index (χ3n) is 2.79. The molecule has 3 nitrogen and oxygen atoms in total. The second kappa shape index (κ2) is 5.63. The number of halogens is 1. The summed E-state index contributed by atoms with van der Waals surface area (Å²) >= 11 is 0. The van der Waals surface area contributed by atoms with Crippen LogP contribution in [0.25, 0.3) is 0 Å². The molecule has 2 aromatic rings. The molecule has 0 amide bonds. The molecule has 0 aliphatic carbocycles. The molecule has 2 aromatic carbocycles. The molecular formula is C15H13FO3. The number of aliphatic hydroxyl groups excluding tert-OH is 1. The van der Waals surface area contributed by atoms with Gasteiger partial charge in [0.05, 0.1) is 7.11 Å². The molecule has 19 heavy (non-hydrogen) atoms. The molecule has 98 valence electrons. The van der Waals surface area contributed by atoms with Gasteiger partial charge in [-0.25, -0.2) is 4.39 Å². The first kappa shape index (κ1) is 13.2. The zero-order valence-electron chi connectivity index (χ0n) is 10.3. The number of ether oxygens (including phenoxy) is 1. The second-order valence-electron chi connectivity index (χ2n) is 4.05. The van der Waals surface area contributed by atoms with E-state index in [1.165, 1.54) is 25.3 Å². The standard InChI is InChI=1S/C15H13FO3/c1-19-13-7-5-10(6-8-13)14(17)15(18)11-3-2-4-12(16)9-11/h2-9,14,17H,1H3. The summed E-state index contributed by atoms with van der Waals surface area (Å²) in [6, 6.07) is 11.8. The zero-order chi connectivity index (χ0) is 13.8. The lowest BCUT2D eigenvalue weighted by molar-refractivity contribution is 0.0747. The molecule has 4 heteroatoms. The van der Waals surface area contributed by atoms with Crippen LogP contribution in [0.2, 0.25) is 0 Å². The summed E-state index contributed by atoms with van der Waals surface area (Å²) in [6.45, 7) is 0. The first-order valence-electron chi connectivity index (χ1n) is 5.73. The highest BCUT2D eigenvalue weighted by atomic mass is 19.1. The summed E-state index contributed by atoms with van der Waals surface area (Å²) < 4.78 is 18.0. The van der Waals surface area contributed by atoms with Gasteiger partial charge in [-0.1, -0.05) is 24.3 Å². The van der Waals surface area contributed by atoms with E-state index in [1.807, 2.05) is 0 Å². The predicted molar refractivity (Wildman–Crippen MR) is 68.7 cm³/mol. The summed E-state index contributed by atoms with van der Waals surface area (Å²) in [5.74, 6) is -0.411. The molecule has 0 fully saturated rings. The van der Waals surface area contributed by atoms with Crippen molar-refractivity contribution in [2.45, 2.75) is 6.10 Å². The van der Waals surface area contributed by atoms with E-state index < -0.39 is 17.7 Å². The van der Waals surface area contributed by atoms with E-state index >= 15 is 0 Å². The molecule has 1 unspecified atom stereocenters. The second-order valence-corrected chi connectivity index (χ2v) is 4.05. The van der Waals surface area contributed by atoms with Crippen molar-refractivity contribution in [3.63, 3.8) is 0 Å². The summed E-state index contributed by atoms with van der Waals surface area (Å²) in [4.78, 5) is 12.0. The molecule has 0 spiro atoms. The van der Waals surface area contributed by atoms with Crippen LogP contribution >= 0.6 is 0 Å². The van der Waals surface area contributed by atoms with Crippen molar-refractivity contribution in [1.82, 2.24) is 0 Å². The Hall–Kier alpha value is -2.20. The van der Waals surface area contributed by atoms with E-state index in [1.54, 1.807) is 24.3 Å². The zero-order valence-corrected chi connectivity index (χ0v) is 10.3. The van der Waals surface area contributed by atoms with Crippen LogP contribution in [0.15, 0.2) is 48.5 Å². The predicted octanol–water partition coefficient (Wildman–Crippen LogP) is 2.75. The normalized spacial score (nSPS) is 11.9.